The molecule has 0 aliphatic heterocycles. The van der Waals surface area contributed by atoms with E-state index in [9.17, 15) is 14.9 Å². The molecule has 1 amide bonds. The monoisotopic (exact) mass is 368 g/mol. The van der Waals surface area contributed by atoms with Crippen molar-refractivity contribution in [2.75, 3.05) is 7.11 Å². The number of hydrogen-bond acceptors (Lipinski definition) is 7. The molecule has 0 saturated heterocycles. The number of methoxy groups -OCH3 is 1. The molecule has 0 aliphatic carbocycles. The van der Waals surface area contributed by atoms with Crippen LogP contribution in [0, 0.1) is 10.1 Å². The summed E-state index contributed by atoms with van der Waals surface area (Å²) in [7, 11) is 1.58. The van der Waals surface area contributed by atoms with Gasteiger partial charge in [-0.05, 0) is 40.3 Å². The van der Waals surface area contributed by atoms with Crippen molar-refractivity contribution < 1.29 is 14.5 Å². The van der Waals surface area contributed by atoms with Gasteiger partial charge in [-0.15, -0.1) is 5.10 Å². The molecule has 0 unspecified atom stereocenters. The lowest BCUT2D eigenvalue weighted by molar-refractivity contribution is -0.384. The Morgan fingerprint density at radius 1 is 1.19 bits per heavy atom. The number of tetrazole rings is 1. The van der Waals surface area contributed by atoms with Crippen LogP contribution in [0.5, 0.6) is 5.75 Å². The van der Waals surface area contributed by atoms with Crippen molar-refractivity contribution in [2.24, 2.45) is 0 Å². The summed E-state index contributed by atoms with van der Waals surface area (Å²) in [6.07, 6.45) is 0.0993. The Morgan fingerprint density at radius 2 is 1.89 bits per heavy atom. The first-order valence-corrected chi connectivity index (χ1v) is 7.98. The summed E-state index contributed by atoms with van der Waals surface area (Å²) in [5, 5.41) is 24.9. The van der Waals surface area contributed by atoms with Gasteiger partial charge in [-0.3, -0.25) is 14.9 Å². The van der Waals surface area contributed by atoms with Crippen LogP contribution in [0.2, 0.25) is 0 Å². The highest BCUT2D eigenvalue weighted by Gasteiger charge is 2.11. The van der Waals surface area contributed by atoms with Crippen LogP contribution in [0.15, 0.2) is 48.5 Å². The van der Waals surface area contributed by atoms with Crippen molar-refractivity contribution in [3.63, 3.8) is 0 Å². The van der Waals surface area contributed by atoms with Crippen molar-refractivity contribution >= 4 is 11.6 Å². The van der Waals surface area contributed by atoms with E-state index in [-0.39, 0.29) is 24.6 Å². The summed E-state index contributed by atoms with van der Waals surface area (Å²) in [5.41, 5.74) is 1.39. The Balaban J connectivity index is 1.60. The summed E-state index contributed by atoms with van der Waals surface area (Å²) in [6.45, 7) is 0.144. The number of amides is 1. The molecule has 0 atom stereocenters. The van der Waals surface area contributed by atoms with Gasteiger partial charge in [0.25, 0.3) is 5.69 Å². The number of carbonyl (C=O) groups is 1. The predicted octanol–water partition coefficient (Wildman–Crippen LogP) is 1.44. The summed E-state index contributed by atoms with van der Waals surface area (Å²) < 4.78 is 6.64. The number of carbonyl (C=O) groups excluding carboxylic acids is 1. The predicted molar refractivity (Wildman–Crippen MR) is 94.4 cm³/mol. The molecule has 0 aliphatic rings. The molecular formula is C17H16N6O4. The molecule has 0 saturated carbocycles. The molecular weight excluding hydrogens is 352 g/mol. The number of benzene rings is 2. The highest BCUT2D eigenvalue weighted by molar-refractivity contribution is 5.78. The first-order valence-electron chi connectivity index (χ1n) is 7.98. The van der Waals surface area contributed by atoms with Crippen molar-refractivity contribution in [3.05, 3.63) is 70.0 Å². The van der Waals surface area contributed by atoms with Crippen LogP contribution in [0.25, 0.3) is 5.69 Å². The van der Waals surface area contributed by atoms with Gasteiger partial charge in [0, 0.05) is 12.1 Å². The average molecular weight is 368 g/mol. The molecule has 1 aromatic heterocycles. The smallest absolute Gasteiger partial charge is 0.269 e. The highest BCUT2D eigenvalue weighted by Crippen LogP contribution is 2.15. The minimum Gasteiger partial charge on any atom is -0.497 e. The molecule has 3 rings (SSSR count). The van der Waals surface area contributed by atoms with Gasteiger partial charge in [0.05, 0.1) is 30.7 Å². The lowest BCUT2D eigenvalue weighted by Gasteiger charge is -2.07. The number of non-ortho nitro benzene ring substituents is 1. The molecule has 10 heteroatoms. The van der Waals surface area contributed by atoms with E-state index in [1.54, 1.807) is 43.5 Å². The van der Waals surface area contributed by atoms with Crippen molar-refractivity contribution in [2.45, 2.75) is 13.0 Å². The molecule has 27 heavy (non-hydrogen) atoms. The van der Waals surface area contributed by atoms with Crippen LogP contribution in [-0.2, 0) is 17.8 Å². The minimum atomic E-state index is -0.483. The zero-order valence-corrected chi connectivity index (χ0v) is 14.4. The third kappa shape index (κ3) is 4.42. The van der Waals surface area contributed by atoms with Gasteiger partial charge >= 0.3 is 0 Å². The van der Waals surface area contributed by atoms with Crippen LogP contribution >= 0.6 is 0 Å². The first-order chi connectivity index (χ1) is 13.1. The van der Waals surface area contributed by atoms with Gasteiger partial charge in [-0.25, -0.2) is 0 Å². The Kier molecular flexibility index (Phi) is 5.36. The average Bonchev–Trinajstić information content (AvgIpc) is 3.15. The van der Waals surface area contributed by atoms with Gasteiger partial charge in [0.15, 0.2) is 5.82 Å². The van der Waals surface area contributed by atoms with E-state index in [4.69, 9.17) is 4.74 Å². The van der Waals surface area contributed by atoms with E-state index < -0.39 is 4.92 Å². The normalized spacial score (nSPS) is 10.4. The van der Waals surface area contributed by atoms with Crippen LogP contribution in [0.4, 0.5) is 5.69 Å². The number of nitro groups is 1. The maximum atomic E-state index is 12.1. The van der Waals surface area contributed by atoms with Crippen molar-refractivity contribution in [3.8, 4) is 11.4 Å². The number of hydrogen-bond donors (Lipinski definition) is 1. The van der Waals surface area contributed by atoms with E-state index in [0.717, 1.165) is 5.69 Å². The SMILES string of the molecule is COc1ccc(-n2nnnc2CNC(=O)Cc2ccc([N+](=O)[O-])cc2)cc1. The number of nitrogens with zero attached hydrogens (tertiary/aromatic N) is 5. The molecule has 2 aromatic carbocycles. The molecule has 1 heterocycles. The topological polar surface area (TPSA) is 125 Å². The zero-order chi connectivity index (χ0) is 19.2. The van der Waals surface area contributed by atoms with Crippen LogP contribution < -0.4 is 10.1 Å². The Bertz CT molecular complexity index is 937. The van der Waals surface area contributed by atoms with Crippen molar-refractivity contribution in [1.29, 1.82) is 0 Å². The lowest BCUT2D eigenvalue weighted by Crippen LogP contribution is -2.26. The standard InChI is InChI=1S/C17H16N6O4/c1-27-15-8-6-13(7-9-15)22-16(19-20-21-22)11-18-17(24)10-12-2-4-14(5-3-12)23(25)26/h2-9H,10-11H2,1H3,(H,18,24). The number of nitro benzene ring substituents is 1. The quantitative estimate of drug-likeness (QED) is 0.494. The maximum absolute atomic E-state index is 12.1. The summed E-state index contributed by atoms with van der Waals surface area (Å²) in [4.78, 5) is 22.3. The third-order valence-corrected chi connectivity index (χ3v) is 3.81. The minimum absolute atomic E-state index is 0.0159. The molecule has 0 bridgehead atoms. The second-order valence-corrected chi connectivity index (χ2v) is 5.58. The largest absolute Gasteiger partial charge is 0.497 e. The van der Waals surface area contributed by atoms with E-state index in [2.05, 4.69) is 20.8 Å². The second kappa shape index (κ2) is 8.04. The van der Waals surface area contributed by atoms with E-state index in [1.165, 1.54) is 16.8 Å². The fourth-order valence-corrected chi connectivity index (χ4v) is 2.40. The van der Waals surface area contributed by atoms with Gasteiger partial charge in [-0.1, -0.05) is 12.1 Å². The van der Waals surface area contributed by atoms with Crippen molar-refractivity contribution in [1.82, 2.24) is 25.5 Å². The van der Waals surface area contributed by atoms with Crippen LogP contribution in [0.1, 0.15) is 11.4 Å². The van der Waals surface area contributed by atoms with Gasteiger partial charge in [0.2, 0.25) is 5.91 Å². The Labute approximate surface area is 153 Å². The number of rotatable bonds is 7. The number of nitrogens with one attached hydrogen (secondary N) is 1. The zero-order valence-electron chi connectivity index (χ0n) is 14.4. The Morgan fingerprint density at radius 3 is 2.52 bits per heavy atom. The lowest BCUT2D eigenvalue weighted by atomic mass is 10.1. The molecule has 138 valence electrons. The molecule has 10 nitrogen and oxygen atoms in total. The molecule has 0 radical (unpaired) electrons. The number of ether oxygens (including phenoxy) is 1. The maximum Gasteiger partial charge on any atom is 0.269 e. The number of aromatic nitrogens is 4. The Hall–Kier alpha value is -3.82. The van der Waals surface area contributed by atoms with Gasteiger partial charge in [0.1, 0.15) is 5.75 Å². The van der Waals surface area contributed by atoms with Gasteiger partial charge < -0.3 is 10.1 Å². The van der Waals surface area contributed by atoms with Crippen LogP contribution in [0.3, 0.4) is 0 Å². The molecule has 1 N–H and O–H groups in total. The van der Waals surface area contributed by atoms with Crippen LogP contribution in [-0.4, -0.2) is 38.1 Å². The third-order valence-electron chi connectivity index (χ3n) is 3.81. The molecule has 0 spiro atoms. The van der Waals surface area contributed by atoms with E-state index in [0.29, 0.717) is 17.1 Å². The fraction of sp³-hybridized carbons (Fsp3) is 0.176. The molecule has 0 fully saturated rings. The van der Waals surface area contributed by atoms with Gasteiger partial charge in [-0.2, -0.15) is 4.68 Å². The second-order valence-electron chi connectivity index (χ2n) is 5.58. The highest BCUT2D eigenvalue weighted by atomic mass is 16.6. The summed E-state index contributed by atoms with van der Waals surface area (Å²) in [5.74, 6) is 0.940. The summed E-state index contributed by atoms with van der Waals surface area (Å²) in [6, 6.07) is 13.0. The fourth-order valence-electron chi connectivity index (χ4n) is 2.40. The van der Waals surface area contributed by atoms with E-state index in [1.807, 2.05) is 0 Å². The first kappa shape index (κ1) is 18.0. The van der Waals surface area contributed by atoms with E-state index >= 15 is 0 Å². The summed E-state index contributed by atoms with van der Waals surface area (Å²) >= 11 is 0. The molecule has 3 aromatic rings.